The van der Waals surface area contributed by atoms with Crippen LogP contribution in [0, 0.1) is 0 Å². The van der Waals surface area contributed by atoms with Crippen molar-refractivity contribution in [1.82, 2.24) is 30.4 Å². The number of aliphatic hydroxyl groups is 1. The standard InChI is InChI=1S/C14H13N7O2/c15-11-3-1-9(2-4-11)7-21-8-10(6-16-21)12(22)5-13(23)14-17-19-20-18-14/h1-6,8,23H,7,15H2,(H,17,18,19,20). The maximum Gasteiger partial charge on any atom is 0.239 e. The van der Waals surface area contributed by atoms with Gasteiger partial charge in [0, 0.05) is 18.0 Å². The van der Waals surface area contributed by atoms with Gasteiger partial charge in [-0.05, 0) is 22.9 Å². The lowest BCUT2D eigenvalue weighted by atomic mass is 10.2. The Hall–Kier alpha value is -3.49. The Balaban J connectivity index is 1.72. The quantitative estimate of drug-likeness (QED) is 0.274. The van der Waals surface area contributed by atoms with Gasteiger partial charge in [0.25, 0.3) is 0 Å². The molecule has 0 aliphatic heterocycles. The van der Waals surface area contributed by atoms with Crippen molar-refractivity contribution in [3.63, 3.8) is 0 Å². The van der Waals surface area contributed by atoms with Crippen molar-refractivity contribution in [2.24, 2.45) is 0 Å². The van der Waals surface area contributed by atoms with Crippen LogP contribution in [0.1, 0.15) is 21.7 Å². The van der Waals surface area contributed by atoms with E-state index < -0.39 is 5.78 Å². The molecule has 0 spiro atoms. The van der Waals surface area contributed by atoms with Gasteiger partial charge in [0.15, 0.2) is 11.5 Å². The number of carbonyl (C=O) groups excluding carboxylic acids is 1. The summed E-state index contributed by atoms with van der Waals surface area (Å²) in [4.78, 5) is 12.1. The molecule has 0 bridgehead atoms. The Morgan fingerprint density at radius 3 is 2.83 bits per heavy atom. The number of allylic oxidation sites excluding steroid dienone is 1. The summed E-state index contributed by atoms with van der Waals surface area (Å²) >= 11 is 0. The van der Waals surface area contributed by atoms with Crippen molar-refractivity contribution < 1.29 is 9.90 Å². The second-order valence-electron chi connectivity index (χ2n) is 4.80. The van der Waals surface area contributed by atoms with Crippen molar-refractivity contribution >= 4 is 17.2 Å². The van der Waals surface area contributed by atoms with Crippen LogP contribution in [0.3, 0.4) is 0 Å². The SMILES string of the molecule is Nc1ccc(Cn2cc(C(=O)C=C(O)c3nn[nH]n3)cn2)cc1. The van der Waals surface area contributed by atoms with E-state index in [1.165, 1.54) is 6.20 Å². The summed E-state index contributed by atoms with van der Waals surface area (Å²) < 4.78 is 1.62. The molecule has 0 aliphatic rings. The number of aromatic amines is 1. The number of carbonyl (C=O) groups is 1. The van der Waals surface area contributed by atoms with Gasteiger partial charge in [-0.2, -0.15) is 10.3 Å². The summed E-state index contributed by atoms with van der Waals surface area (Å²) in [5.41, 5.74) is 7.67. The van der Waals surface area contributed by atoms with Crippen LogP contribution in [-0.2, 0) is 6.54 Å². The number of nitrogens with one attached hydrogen (secondary N) is 1. The van der Waals surface area contributed by atoms with Crippen LogP contribution in [0.15, 0.2) is 42.7 Å². The minimum absolute atomic E-state index is 0.0485. The molecule has 0 amide bonds. The molecule has 2 aromatic heterocycles. The third kappa shape index (κ3) is 3.40. The van der Waals surface area contributed by atoms with Crippen LogP contribution < -0.4 is 5.73 Å². The summed E-state index contributed by atoms with van der Waals surface area (Å²) in [5.74, 6) is -0.821. The third-order valence-electron chi connectivity index (χ3n) is 3.08. The van der Waals surface area contributed by atoms with E-state index in [1.807, 2.05) is 12.1 Å². The summed E-state index contributed by atoms with van der Waals surface area (Å²) in [5, 5.41) is 26.5. The number of aliphatic hydroxyl groups excluding tert-OH is 1. The van der Waals surface area contributed by atoms with Crippen LogP contribution in [0.5, 0.6) is 0 Å². The molecule has 0 aliphatic carbocycles. The smallest absolute Gasteiger partial charge is 0.239 e. The number of hydrogen-bond acceptors (Lipinski definition) is 7. The Morgan fingerprint density at radius 2 is 2.13 bits per heavy atom. The van der Waals surface area contributed by atoms with E-state index in [4.69, 9.17) is 5.73 Å². The van der Waals surface area contributed by atoms with Gasteiger partial charge in [0.2, 0.25) is 5.82 Å². The maximum atomic E-state index is 12.1. The van der Waals surface area contributed by atoms with Crippen LogP contribution in [-0.4, -0.2) is 41.3 Å². The highest BCUT2D eigenvalue weighted by Gasteiger charge is 2.11. The van der Waals surface area contributed by atoms with Crippen LogP contribution in [0.4, 0.5) is 5.69 Å². The molecule has 0 atom stereocenters. The number of rotatable bonds is 5. The number of H-pyrrole nitrogens is 1. The Bertz CT molecular complexity index is 834. The number of nitrogen functional groups attached to an aromatic ring is 1. The third-order valence-corrected chi connectivity index (χ3v) is 3.08. The minimum atomic E-state index is -0.407. The number of benzene rings is 1. The first kappa shape index (κ1) is 14.4. The first-order valence-corrected chi connectivity index (χ1v) is 6.67. The Labute approximate surface area is 130 Å². The van der Waals surface area contributed by atoms with Crippen LogP contribution in [0.25, 0.3) is 5.76 Å². The Kier molecular flexibility index (Phi) is 3.83. The van der Waals surface area contributed by atoms with Gasteiger partial charge in [-0.15, -0.1) is 10.2 Å². The molecule has 0 saturated carbocycles. The van der Waals surface area contributed by atoms with E-state index in [9.17, 15) is 9.90 Å². The number of tetrazole rings is 1. The predicted octanol–water partition coefficient (Wildman–Crippen LogP) is 0.808. The summed E-state index contributed by atoms with van der Waals surface area (Å²) in [6.45, 7) is 0.508. The molecule has 116 valence electrons. The number of ketones is 1. The van der Waals surface area contributed by atoms with Crippen molar-refractivity contribution in [2.45, 2.75) is 6.54 Å². The average Bonchev–Trinajstić information content (AvgIpc) is 3.21. The van der Waals surface area contributed by atoms with Crippen molar-refractivity contribution in [3.8, 4) is 0 Å². The minimum Gasteiger partial charge on any atom is -0.504 e. The largest absolute Gasteiger partial charge is 0.504 e. The molecule has 3 aromatic rings. The number of hydrogen-bond donors (Lipinski definition) is 3. The van der Waals surface area contributed by atoms with E-state index in [-0.39, 0.29) is 11.6 Å². The Morgan fingerprint density at radius 1 is 1.35 bits per heavy atom. The predicted molar refractivity (Wildman–Crippen MR) is 81.3 cm³/mol. The molecular weight excluding hydrogens is 298 g/mol. The normalized spacial score (nSPS) is 11.6. The summed E-state index contributed by atoms with van der Waals surface area (Å²) in [6, 6.07) is 7.38. The van der Waals surface area contributed by atoms with Crippen molar-refractivity contribution in [1.29, 1.82) is 0 Å². The fraction of sp³-hybridized carbons (Fsp3) is 0.0714. The monoisotopic (exact) mass is 311 g/mol. The molecule has 0 unspecified atom stereocenters. The van der Waals surface area contributed by atoms with Crippen molar-refractivity contribution in [3.05, 3.63) is 59.7 Å². The van der Waals surface area contributed by atoms with Gasteiger partial charge >= 0.3 is 0 Å². The van der Waals surface area contributed by atoms with Gasteiger partial charge in [-0.3, -0.25) is 9.48 Å². The zero-order valence-corrected chi connectivity index (χ0v) is 11.9. The van der Waals surface area contributed by atoms with Gasteiger partial charge in [-0.25, -0.2) is 0 Å². The van der Waals surface area contributed by atoms with E-state index in [2.05, 4.69) is 25.7 Å². The fourth-order valence-corrected chi connectivity index (χ4v) is 1.93. The van der Waals surface area contributed by atoms with Gasteiger partial charge < -0.3 is 10.8 Å². The van der Waals surface area contributed by atoms with Gasteiger partial charge in [0.1, 0.15) is 0 Å². The lowest BCUT2D eigenvalue weighted by molar-refractivity contribution is 0.104. The molecule has 9 heteroatoms. The molecule has 2 heterocycles. The van der Waals surface area contributed by atoms with Crippen LogP contribution >= 0.6 is 0 Å². The molecule has 4 N–H and O–H groups in total. The fourth-order valence-electron chi connectivity index (χ4n) is 1.93. The summed E-state index contributed by atoms with van der Waals surface area (Å²) in [7, 11) is 0. The molecule has 0 saturated heterocycles. The average molecular weight is 311 g/mol. The lowest BCUT2D eigenvalue weighted by Gasteiger charge is -2.01. The number of nitrogens with two attached hydrogens (primary N) is 1. The summed E-state index contributed by atoms with van der Waals surface area (Å²) in [6.07, 6.45) is 4.05. The van der Waals surface area contributed by atoms with Crippen molar-refractivity contribution in [2.75, 3.05) is 5.73 Å². The van der Waals surface area contributed by atoms with Crippen LogP contribution in [0.2, 0.25) is 0 Å². The maximum absolute atomic E-state index is 12.1. The van der Waals surface area contributed by atoms with E-state index in [0.29, 0.717) is 17.8 Å². The number of aromatic nitrogens is 6. The first-order chi connectivity index (χ1) is 11.1. The number of anilines is 1. The van der Waals surface area contributed by atoms with Gasteiger partial charge in [-0.1, -0.05) is 12.1 Å². The lowest BCUT2D eigenvalue weighted by Crippen LogP contribution is -2.00. The highest BCUT2D eigenvalue weighted by Crippen LogP contribution is 2.10. The molecule has 9 nitrogen and oxygen atoms in total. The molecule has 1 aromatic carbocycles. The highest BCUT2D eigenvalue weighted by molar-refractivity contribution is 6.07. The molecule has 0 radical (unpaired) electrons. The second-order valence-corrected chi connectivity index (χ2v) is 4.80. The molecular formula is C14H13N7O2. The molecule has 0 fully saturated rings. The molecule has 3 rings (SSSR count). The zero-order chi connectivity index (χ0) is 16.2. The van der Waals surface area contributed by atoms with E-state index in [1.54, 1.807) is 23.0 Å². The number of nitrogens with zero attached hydrogens (tertiary/aromatic N) is 5. The molecule has 23 heavy (non-hydrogen) atoms. The highest BCUT2D eigenvalue weighted by atomic mass is 16.3. The second kappa shape index (κ2) is 6.10. The first-order valence-electron chi connectivity index (χ1n) is 6.67. The van der Waals surface area contributed by atoms with E-state index >= 15 is 0 Å². The topological polar surface area (TPSA) is 136 Å². The van der Waals surface area contributed by atoms with Gasteiger partial charge in [0.05, 0.1) is 18.3 Å². The zero-order valence-electron chi connectivity index (χ0n) is 11.9. The van der Waals surface area contributed by atoms with E-state index in [0.717, 1.165) is 11.6 Å².